The van der Waals surface area contributed by atoms with Gasteiger partial charge in [-0.2, -0.15) is 0 Å². The highest BCUT2D eigenvalue weighted by Crippen LogP contribution is 2.21. The van der Waals surface area contributed by atoms with E-state index in [1.165, 1.54) is 0 Å². The average Bonchev–Trinajstić information content (AvgIpc) is 2.44. The molecule has 0 aliphatic carbocycles. The molecule has 0 radical (unpaired) electrons. The maximum absolute atomic E-state index is 11.7. The number of thiocarbonyl (C=S) groups is 1. The lowest BCUT2D eigenvalue weighted by atomic mass is 10.1. The van der Waals surface area contributed by atoms with Crippen molar-refractivity contribution in [1.82, 2.24) is 16.2 Å². The summed E-state index contributed by atoms with van der Waals surface area (Å²) in [6, 6.07) is 5.86. The van der Waals surface area contributed by atoms with E-state index in [1.807, 2.05) is 32.0 Å². The molecule has 3 N–H and O–H groups in total. The van der Waals surface area contributed by atoms with E-state index in [-0.39, 0.29) is 12.5 Å². The van der Waals surface area contributed by atoms with Crippen LogP contribution in [-0.2, 0) is 4.79 Å². The third-order valence-corrected chi connectivity index (χ3v) is 3.33. The first kappa shape index (κ1) is 18.2. The van der Waals surface area contributed by atoms with Crippen LogP contribution in [0.25, 0.3) is 0 Å². The van der Waals surface area contributed by atoms with Gasteiger partial charge in [-0.1, -0.05) is 32.0 Å². The molecule has 0 aromatic heterocycles. The maximum atomic E-state index is 11.7. The van der Waals surface area contributed by atoms with Crippen molar-refractivity contribution < 1.29 is 9.53 Å². The minimum atomic E-state index is -0.282. The van der Waals surface area contributed by atoms with Crippen LogP contribution in [-0.4, -0.2) is 24.2 Å². The molecule has 0 unspecified atom stereocenters. The van der Waals surface area contributed by atoms with E-state index < -0.39 is 0 Å². The zero-order valence-corrected chi connectivity index (χ0v) is 14.5. The molecule has 1 rings (SSSR count). The SMILES string of the molecule is Cc1cccc(C)c1OCC(=O)NNC(=S)NCCC(C)C. The lowest BCUT2D eigenvalue weighted by Crippen LogP contribution is -2.48. The first-order valence-corrected chi connectivity index (χ1v) is 7.82. The number of para-hydroxylation sites is 1. The molecule has 1 aromatic rings. The van der Waals surface area contributed by atoms with Crippen molar-refractivity contribution in [2.45, 2.75) is 34.1 Å². The molecule has 0 bridgehead atoms. The summed E-state index contributed by atoms with van der Waals surface area (Å²) in [7, 11) is 0. The van der Waals surface area contributed by atoms with Crippen LogP contribution in [0.15, 0.2) is 18.2 Å². The zero-order chi connectivity index (χ0) is 16.5. The van der Waals surface area contributed by atoms with E-state index in [9.17, 15) is 4.79 Å². The summed E-state index contributed by atoms with van der Waals surface area (Å²) < 4.78 is 5.56. The van der Waals surface area contributed by atoms with E-state index >= 15 is 0 Å². The number of hydrogen-bond acceptors (Lipinski definition) is 3. The first-order valence-electron chi connectivity index (χ1n) is 7.42. The highest BCUT2D eigenvalue weighted by Gasteiger charge is 2.07. The smallest absolute Gasteiger partial charge is 0.276 e. The van der Waals surface area contributed by atoms with Crippen molar-refractivity contribution in [2.24, 2.45) is 5.92 Å². The quantitative estimate of drug-likeness (QED) is 0.553. The molecular formula is C16H25N3O2S. The van der Waals surface area contributed by atoms with Gasteiger partial charge in [-0.3, -0.25) is 15.6 Å². The van der Waals surface area contributed by atoms with Crippen LogP contribution < -0.4 is 20.9 Å². The topological polar surface area (TPSA) is 62.4 Å². The van der Waals surface area contributed by atoms with Crippen LogP contribution in [0.5, 0.6) is 5.75 Å². The molecule has 6 heteroatoms. The highest BCUT2D eigenvalue weighted by molar-refractivity contribution is 7.80. The molecule has 5 nitrogen and oxygen atoms in total. The Morgan fingerprint density at radius 1 is 1.23 bits per heavy atom. The number of benzene rings is 1. The van der Waals surface area contributed by atoms with E-state index in [2.05, 4.69) is 30.0 Å². The third kappa shape index (κ3) is 6.76. The number of aryl methyl sites for hydroxylation is 2. The van der Waals surface area contributed by atoms with E-state index in [0.29, 0.717) is 11.0 Å². The lowest BCUT2D eigenvalue weighted by Gasteiger charge is -2.14. The standard InChI is InChI=1S/C16H25N3O2S/c1-11(2)8-9-17-16(22)19-18-14(20)10-21-15-12(3)6-5-7-13(15)4/h5-7,11H,8-10H2,1-4H3,(H,18,20)(H2,17,19,22). The molecule has 0 aliphatic heterocycles. The van der Waals surface area contributed by atoms with Crippen molar-refractivity contribution in [3.05, 3.63) is 29.3 Å². The van der Waals surface area contributed by atoms with Gasteiger partial charge in [0, 0.05) is 6.54 Å². The molecule has 0 atom stereocenters. The molecular weight excluding hydrogens is 298 g/mol. The van der Waals surface area contributed by atoms with Crippen molar-refractivity contribution in [2.75, 3.05) is 13.2 Å². The van der Waals surface area contributed by atoms with Crippen molar-refractivity contribution in [3.8, 4) is 5.75 Å². The largest absolute Gasteiger partial charge is 0.483 e. The van der Waals surface area contributed by atoms with Crippen LogP contribution in [0.2, 0.25) is 0 Å². The Morgan fingerprint density at radius 3 is 2.45 bits per heavy atom. The molecule has 22 heavy (non-hydrogen) atoms. The minimum Gasteiger partial charge on any atom is -0.483 e. The number of hydrazine groups is 1. The fourth-order valence-corrected chi connectivity index (χ4v) is 2.00. The first-order chi connectivity index (χ1) is 10.4. The number of ether oxygens (including phenoxy) is 1. The second-order valence-electron chi connectivity index (χ2n) is 5.62. The van der Waals surface area contributed by atoms with Gasteiger partial charge in [0.15, 0.2) is 11.7 Å². The molecule has 0 saturated carbocycles. The minimum absolute atomic E-state index is 0.0622. The van der Waals surface area contributed by atoms with Crippen LogP contribution in [0.4, 0.5) is 0 Å². The molecule has 0 fully saturated rings. The van der Waals surface area contributed by atoms with Crippen molar-refractivity contribution >= 4 is 23.2 Å². The average molecular weight is 323 g/mol. The summed E-state index contributed by atoms with van der Waals surface area (Å²) in [4.78, 5) is 11.7. The number of rotatable bonds is 6. The summed E-state index contributed by atoms with van der Waals surface area (Å²) in [6.45, 7) is 8.90. The van der Waals surface area contributed by atoms with Crippen LogP contribution >= 0.6 is 12.2 Å². The van der Waals surface area contributed by atoms with Gasteiger partial charge in [-0.05, 0) is 49.5 Å². The Morgan fingerprint density at radius 2 is 1.86 bits per heavy atom. The monoisotopic (exact) mass is 323 g/mol. The normalized spacial score (nSPS) is 10.2. The second kappa shape index (κ2) is 9.25. The summed E-state index contributed by atoms with van der Waals surface area (Å²) in [5.41, 5.74) is 7.19. The second-order valence-corrected chi connectivity index (χ2v) is 6.03. The van der Waals surface area contributed by atoms with Gasteiger partial charge < -0.3 is 10.1 Å². The summed E-state index contributed by atoms with van der Waals surface area (Å²) in [6.07, 6.45) is 1.02. The highest BCUT2D eigenvalue weighted by atomic mass is 32.1. The van der Waals surface area contributed by atoms with Gasteiger partial charge in [-0.25, -0.2) is 0 Å². The van der Waals surface area contributed by atoms with Gasteiger partial charge in [0.05, 0.1) is 0 Å². The van der Waals surface area contributed by atoms with Gasteiger partial charge >= 0.3 is 0 Å². The molecule has 0 saturated heterocycles. The zero-order valence-electron chi connectivity index (χ0n) is 13.7. The van der Waals surface area contributed by atoms with Gasteiger partial charge in [-0.15, -0.1) is 0 Å². The van der Waals surface area contributed by atoms with E-state index in [1.54, 1.807) is 0 Å². The van der Waals surface area contributed by atoms with Crippen LogP contribution in [0, 0.1) is 19.8 Å². The molecule has 1 aromatic carbocycles. The summed E-state index contributed by atoms with van der Waals surface area (Å²) >= 11 is 5.07. The van der Waals surface area contributed by atoms with Crippen molar-refractivity contribution in [3.63, 3.8) is 0 Å². The predicted molar refractivity (Wildman–Crippen MR) is 92.7 cm³/mol. The van der Waals surface area contributed by atoms with Gasteiger partial charge in [0.25, 0.3) is 5.91 Å². The Kier molecular flexibility index (Phi) is 7.66. The Hall–Kier alpha value is -1.82. The lowest BCUT2D eigenvalue weighted by molar-refractivity contribution is -0.123. The van der Waals surface area contributed by atoms with E-state index in [0.717, 1.165) is 29.8 Å². The third-order valence-electron chi connectivity index (χ3n) is 3.08. The van der Waals surface area contributed by atoms with Gasteiger partial charge in [0.2, 0.25) is 0 Å². The molecule has 1 amide bonds. The number of hydrogen-bond donors (Lipinski definition) is 3. The molecule has 0 aliphatic rings. The van der Waals surface area contributed by atoms with E-state index in [4.69, 9.17) is 17.0 Å². The predicted octanol–water partition coefficient (Wildman–Crippen LogP) is 2.22. The molecule has 0 spiro atoms. The number of amides is 1. The van der Waals surface area contributed by atoms with Crippen molar-refractivity contribution in [1.29, 1.82) is 0 Å². The fourth-order valence-electron chi connectivity index (χ4n) is 1.85. The Bertz CT molecular complexity index is 498. The maximum Gasteiger partial charge on any atom is 0.276 e. The number of nitrogens with one attached hydrogen (secondary N) is 3. The summed E-state index contributed by atoms with van der Waals surface area (Å²) in [5.74, 6) is 1.07. The Labute approximate surface area is 137 Å². The van der Waals surface area contributed by atoms with Gasteiger partial charge in [0.1, 0.15) is 5.75 Å². The van der Waals surface area contributed by atoms with Crippen LogP contribution in [0.1, 0.15) is 31.4 Å². The molecule has 122 valence electrons. The number of carbonyl (C=O) groups is 1. The summed E-state index contributed by atoms with van der Waals surface area (Å²) in [5, 5.41) is 3.43. The Balaban J connectivity index is 2.28. The molecule has 0 heterocycles. The number of carbonyl (C=O) groups excluding carboxylic acids is 1. The fraction of sp³-hybridized carbons (Fsp3) is 0.500. The van der Waals surface area contributed by atoms with Crippen LogP contribution in [0.3, 0.4) is 0 Å².